The lowest BCUT2D eigenvalue weighted by Crippen LogP contribution is -2.46. The molecule has 0 amide bonds. The molecule has 90 valence electrons. The van der Waals surface area contributed by atoms with Gasteiger partial charge in [0, 0.05) is 18.2 Å². The van der Waals surface area contributed by atoms with Gasteiger partial charge in [-0.05, 0) is 37.3 Å². The molecular formula is C11H13N3O2S. The van der Waals surface area contributed by atoms with E-state index in [0.717, 1.165) is 17.3 Å². The number of fused-ring (bicyclic) bond motifs is 1. The lowest BCUT2D eigenvalue weighted by molar-refractivity contribution is -0.385. The predicted octanol–water partition coefficient (Wildman–Crippen LogP) is 2.52. The number of hydrogen-bond donors (Lipinski definition) is 1. The molecular weight excluding hydrogens is 238 g/mol. The summed E-state index contributed by atoms with van der Waals surface area (Å²) in [5.41, 5.74) is 1.29. The Balaban J connectivity index is 1.94. The molecule has 5 nitrogen and oxygen atoms in total. The van der Waals surface area contributed by atoms with Gasteiger partial charge in [0.2, 0.25) is 0 Å². The zero-order valence-electron chi connectivity index (χ0n) is 9.26. The van der Waals surface area contributed by atoms with Gasteiger partial charge in [-0.3, -0.25) is 10.1 Å². The Morgan fingerprint density at radius 2 is 2.29 bits per heavy atom. The SMILES string of the molecule is O=[N+]([O-])c1ccc2c(c1)SNCN2C1CCC1. The van der Waals surface area contributed by atoms with Crippen LogP contribution in [0.15, 0.2) is 23.1 Å². The number of anilines is 1. The summed E-state index contributed by atoms with van der Waals surface area (Å²) < 4.78 is 3.23. The van der Waals surface area contributed by atoms with E-state index in [-0.39, 0.29) is 10.6 Å². The Hall–Kier alpha value is -1.27. The molecule has 1 N–H and O–H groups in total. The van der Waals surface area contributed by atoms with E-state index < -0.39 is 0 Å². The second kappa shape index (κ2) is 4.19. The Bertz CT molecular complexity index is 462. The summed E-state index contributed by atoms with van der Waals surface area (Å²) in [6.45, 7) is 0.820. The predicted molar refractivity (Wildman–Crippen MR) is 67.1 cm³/mol. The van der Waals surface area contributed by atoms with Crippen molar-refractivity contribution < 1.29 is 4.92 Å². The van der Waals surface area contributed by atoms with Crippen molar-refractivity contribution >= 4 is 23.3 Å². The van der Waals surface area contributed by atoms with Gasteiger partial charge in [-0.2, -0.15) is 0 Å². The zero-order chi connectivity index (χ0) is 11.8. The maximum absolute atomic E-state index is 10.7. The highest BCUT2D eigenvalue weighted by Gasteiger charge is 2.29. The first-order valence-electron chi connectivity index (χ1n) is 5.70. The van der Waals surface area contributed by atoms with E-state index in [9.17, 15) is 10.1 Å². The third-order valence-corrected chi connectivity index (χ3v) is 4.22. The van der Waals surface area contributed by atoms with Gasteiger partial charge in [0.05, 0.1) is 22.2 Å². The van der Waals surface area contributed by atoms with Gasteiger partial charge in [-0.15, -0.1) is 0 Å². The van der Waals surface area contributed by atoms with E-state index in [0.29, 0.717) is 6.04 Å². The Morgan fingerprint density at radius 3 is 2.94 bits per heavy atom. The first-order valence-corrected chi connectivity index (χ1v) is 6.52. The van der Waals surface area contributed by atoms with Crippen LogP contribution in [-0.4, -0.2) is 17.6 Å². The summed E-state index contributed by atoms with van der Waals surface area (Å²) in [5.74, 6) is 0. The highest BCUT2D eigenvalue weighted by molar-refractivity contribution is 7.97. The monoisotopic (exact) mass is 251 g/mol. The first kappa shape index (κ1) is 10.9. The number of nitro groups is 1. The third kappa shape index (κ3) is 1.87. The van der Waals surface area contributed by atoms with Gasteiger partial charge in [0.15, 0.2) is 0 Å². The van der Waals surface area contributed by atoms with Crippen molar-refractivity contribution in [1.29, 1.82) is 0 Å². The quantitative estimate of drug-likeness (QED) is 0.497. The molecule has 17 heavy (non-hydrogen) atoms. The largest absolute Gasteiger partial charge is 0.354 e. The van der Waals surface area contributed by atoms with Crippen molar-refractivity contribution in [1.82, 2.24) is 4.72 Å². The Morgan fingerprint density at radius 1 is 1.47 bits per heavy atom. The second-order valence-electron chi connectivity index (χ2n) is 4.37. The minimum Gasteiger partial charge on any atom is -0.354 e. The zero-order valence-corrected chi connectivity index (χ0v) is 10.1. The van der Waals surface area contributed by atoms with Crippen molar-refractivity contribution in [2.75, 3.05) is 11.6 Å². The highest BCUT2D eigenvalue weighted by atomic mass is 32.2. The Kier molecular flexibility index (Phi) is 2.68. The molecule has 0 saturated heterocycles. The first-order chi connectivity index (χ1) is 8.25. The topological polar surface area (TPSA) is 58.4 Å². The van der Waals surface area contributed by atoms with Crippen molar-refractivity contribution in [3.05, 3.63) is 28.3 Å². The van der Waals surface area contributed by atoms with E-state index in [2.05, 4.69) is 9.62 Å². The molecule has 2 aliphatic rings. The number of benzene rings is 1. The summed E-state index contributed by atoms with van der Waals surface area (Å²) >= 11 is 1.48. The van der Waals surface area contributed by atoms with Crippen LogP contribution < -0.4 is 9.62 Å². The fourth-order valence-corrected chi connectivity index (χ4v) is 3.05. The molecule has 1 aromatic carbocycles. The van der Waals surface area contributed by atoms with Crippen LogP contribution in [0.1, 0.15) is 19.3 Å². The van der Waals surface area contributed by atoms with Crippen molar-refractivity contribution in [2.24, 2.45) is 0 Å². The average molecular weight is 251 g/mol. The maximum atomic E-state index is 10.7. The summed E-state index contributed by atoms with van der Waals surface area (Å²) in [7, 11) is 0. The molecule has 1 aliphatic carbocycles. The van der Waals surface area contributed by atoms with E-state index >= 15 is 0 Å². The normalized spacial score (nSPS) is 19.6. The molecule has 0 unspecified atom stereocenters. The molecule has 0 atom stereocenters. The molecule has 0 bridgehead atoms. The highest BCUT2D eigenvalue weighted by Crippen LogP contribution is 2.39. The molecule has 3 rings (SSSR count). The van der Waals surface area contributed by atoms with Crippen molar-refractivity contribution in [3.63, 3.8) is 0 Å². The fourth-order valence-electron chi connectivity index (χ4n) is 2.22. The van der Waals surface area contributed by atoms with Crippen LogP contribution in [0.3, 0.4) is 0 Å². The van der Waals surface area contributed by atoms with Crippen molar-refractivity contribution in [3.8, 4) is 0 Å². The maximum Gasteiger partial charge on any atom is 0.270 e. The number of nitro benzene ring substituents is 1. The van der Waals surface area contributed by atoms with Crippen LogP contribution in [0.4, 0.5) is 11.4 Å². The van der Waals surface area contributed by atoms with Gasteiger partial charge >= 0.3 is 0 Å². The minimum absolute atomic E-state index is 0.161. The smallest absolute Gasteiger partial charge is 0.270 e. The summed E-state index contributed by atoms with van der Waals surface area (Å²) in [6, 6.07) is 5.72. The molecule has 1 aliphatic heterocycles. The molecule has 1 aromatic rings. The number of hydrogen-bond acceptors (Lipinski definition) is 5. The molecule has 1 saturated carbocycles. The molecule has 0 spiro atoms. The lowest BCUT2D eigenvalue weighted by Gasteiger charge is -2.42. The van der Waals surface area contributed by atoms with E-state index in [4.69, 9.17) is 0 Å². The van der Waals surface area contributed by atoms with Gasteiger partial charge in [-0.25, -0.2) is 4.72 Å². The standard InChI is InChI=1S/C11H13N3O2S/c15-14(16)9-4-5-10-11(6-9)17-12-7-13(10)8-2-1-3-8/h4-6,8,12H,1-3,7H2. The number of non-ortho nitro benzene ring substituents is 1. The number of rotatable bonds is 2. The van der Waals surface area contributed by atoms with Gasteiger partial charge in [0.1, 0.15) is 0 Å². The lowest BCUT2D eigenvalue weighted by atomic mass is 9.91. The molecule has 1 fully saturated rings. The molecule has 0 aromatic heterocycles. The van der Waals surface area contributed by atoms with Crippen LogP contribution in [0, 0.1) is 10.1 Å². The van der Waals surface area contributed by atoms with Crippen LogP contribution >= 0.6 is 11.9 Å². The van der Waals surface area contributed by atoms with E-state index in [1.165, 1.54) is 31.2 Å². The van der Waals surface area contributed by atoms with Gasteiger partial charge in [0.25, 0.3) is 5.69 Å². The third-order valence-electron chi connectivity index (χ3n) is 3.40. The van der Waals surface area contributed by atoms with Crippen LogP contribution in [0.5, 0.6) is 0 Å². The fraction of sp³-hybridized carbons (Fsp3) is 0.455. The van der Waals surface area contributed by atoms with Crippen LogP contribution in [0.25, 0.3) is 0 Å². The Labute approximate surface area is 103 Å². The van der Waals surface area contributed by atoms with Crippen molar-refractivity contribution in [2.45, 2.75) is 30.2 Å². The van der Waals surface area contributed by atoms with Crippen LogP contribution in [-0.2, 0) is 0 Å². The summed E-state index contributed by atoms with van der Waals surface area (Å²) in [6.07, 6.45) is 3.74. The molecule has 6 heteroatoms. The molecule has 0 radical (unpaired) electrons. The van der Waals surface area contributed by atoms with Gasteiger partial charge in [-0.1, -0.05) is 0 Å². The van der Waals surface area contributed by atoms with Gasteiger partial charge < -0.3 is 4.90 Å². The minimum atomic E-state index is -0.344. The summed E-state index contributed by atoms with van der Waals surface area (Å²) in [5, 5.41) is 10.7. The number of nitrogens with one attached hydrogen (secondary N) is 1. The van der Waals surface area contributed by atoms with Crippen LogP contribution in [0.2, 0.25) is 0 Å². The summed E-state index contributed by atoms with van der Waals surface area (Å²) in [4.78, 5) is 13.7. The van der Waals surface area contributed by atoms with E-state index in [1.54, 1.807) is 12.1 Å². The molecule has 1 heterocycles. The second-order valence-corrected chi connectivity index (χ2v) is 5.30. The number of nitrogens with zero attached hydrogens (tertiary/aromatic N) is 2. The average Bonchev–Trinajstić information content (AvgIpc) is 2.26. The van der Waals surface area contributed by atoms with E-state index in [1.807, 2.05) is 6.07 Å².